The highest BCUT2D eigenvalue weighted by Crippen LogP contribution is 2.63. The van der Waals surface area contributed by atoms with E-state index in [0.717, 1.165) is 86.9 Å². The molecule has 3 aromatic carbocycles. The predicted molar refractivity (Wildman–Crippen MR) is 289 cm³/mol. The number of phenolic OH excluding ortho intramolecular Hbond substituents is 1. The average Bonchev–Trinajstić information content (AvgIpc) is 3.98. The molecule has 386 valence electrons. The quantitative estimate of drug-likeness (QED) is 0.0294. The van der Waals surface area contributed by atoms with Crippen molar-refractivity contribution in [2.24, 2.45) is 40.2 Å². The van der Waals surface area contributed by atoms with E-state index in [1.54, 1.807) is 18.2 Å². The Morgan fingerprint density at radius 3 is 2.56 bits per heavy atom. The molecule has 0 radical (unpaired) electrons. The molecule has 8 N–H and O–H groups in total. The minimum absolute atomic E-state index is 0.0119. The summed E-state index contributed by atoms with van der Waals surface area (Å²) >= 11 is 0. The summed E-state index contributed by atoms with van der Waals surface area (Å²) in [4.78, 5) is 27.5. The van der Waals surface area contributed by atoms with E-state index in [9.17, 15) is 19.8 Å². The number of piperidine rings is 1. The second-order valence-electron chi connectivity index (χ2n) is 22.9. The van der Waals surface area contributed by atoms with Crippen LogP contribution in [0.5, 0.6) is 11.5 Å². The van der Waals surface area contributed by atoms with E-state index in [0.29, 0.717) is 60.9 Å². The molecule has 3 heterocycles. The molecule has 72 heavy (non-hydrogen) atoms. The number of phenols is 1. The molecule has 4 fully saturated rings. The van der Waals surface area contributed by atoms with Gasteiger partial charge in [0.05, 0.1) is 25.8 Å². The highest BCUT2D eigenvalue weighted by Gasteiger charge is 2.57. The highest BCUT2D eigenvalue weighted by molar-refractivity contribution is 6.06. The Morgan fingerprint density at radius 2 is 1.76 bits per heavy atom. The van der Waals surface area contributed by atoms with Crippen molar-refractivity contribution in [2.45, 2.75) is 147 Å². The lowest BCUT2D eigenvalue weighted by atomic mass is 9.57. The highest BCUT2D eigenvalue weighted by atomic mass is 16.5. The van der Waals surface area contributed by atoms with Crippen LogP contribution in [0.25, 0.3) is 6.08 Å². The van der Waals surface area contributed by atoms with Gasteiger partial charge in [0.15, 0.2) is 17.3 Å². The molecule has 1 spiro atoms. The van der Waals surface area contributed by atoms with Crippen LogP contribution >= 0.6 is 0 Å². The van der Waals surface area contributed by atoms with Crippen molar-refractivity contribution in [2.75, 3.05) is 33.3 Å². The Labute approximate surface area is 429 Å². The fourth-order valence-electron chi connectivity index (χ4n) is 14.5. The molecular formula is C62H83N5O5. The number of Topliss-reactive ketones (excluding diaryl/α,β-unsaturated/α-hetero) is 1. The summed E-state index contributed by atoms with van der Waals surface area (Å²) in [5.41, 5.74) is 14.5. The number of carbonyl (C=O) groups is 2. The Kier molecular flexibility index (Phi) is 17.4. The second kappa shape index (κ2) is 24.0. The molecule has 10 heteroatoms. The van der Waals surface area contributed by atoms with E-state index in [2.05, 4.69) is 94.1 Å². The zero-order valence-corrected chi connectivity index (χ0v) is 43.2. The van der Waals surface area contributed by atoms with E-state index in [1.165, 1.54) is 81.2 Å². The molecule has 10 nitrogen and oxygen atoms in total. The van der Waals surface area contributed by atoms with Crippen LogP contribution in [0.1, 0.15) is 125 Å². The summed E-state index contributed by atoms with van der Waals surface area (Å²) < 4.78 is 5.53. The summed E-state index contributed by atoms with van der Waals surface area (Å²) in [7, 11) is 1.52. The summed E-state index contributed by atoms with van der Waals surface area (Å²) in [5, 5.41) is 36.3. The smallest absolute Gasteiger partial charge is 0.163 e. The lowest BCUT2D eigenvalue weighted by Crippen LogP contribution is -2.57. The van der Waals surface area contributed by atoms with Gasteiger partial charge in [-0.3, -0.25) is 9.59 Å². The third-order valence-corrected chi connectivity index (χ3v) is 17.9. The molecule has 0 amide bonds. The van der Waals surface area contributed by atoms with E-state index >= 15 is 0 Å². The molecule has 1 saturated heterocycles. The number of dihydropyridines is 1. The first-order valence-corrected chi connectivity index (χ1v) is 27.7. The number of rotatable bonds is 22. The van der Waals surface area contributed by atoms with Gasteiger partial charge in [0.1, 0.15) is 5.78 Å². The molecule has 9 atom stereocenters. The van der Waals surface area contributed by atoms with Gasteiger partial charge in [0.25, 0.3) is 0 Å². The van der Waals surface area contributed by atoms with Crippen LogP contribution < -0.4 is 31.7 Å². The predicted octanol–water partition coefficient (Wildman–Crippen LogP) is 9.23. The summed E-state index contributed by atoms with van der Waals surface area (Å²) in [6.45, 7) is 5.64. The zero-order chi connectivity index (χ0) is 50.1. The number of carbonyl (C=O) groups excluding carboxylic acids is 2. The molecule has 9 unspecified atom stereocenters. The standard InChI is InChI=1S/C62H83N5O5/c1-42(68)38-66-58-37-61(41-62(58)25-6-7-26-62,36-55-54-23-28-64-39-51(54)30-48-15-10-27-65-60(48)55)24-9-16-52(69)35-53(70)22-21-46-33-57(72-2)56(71)32-49(46)31-50-40-67-59(63)34-47(50)20-19-45-14-8-13-44(29-45)18-17-43-11-4-3-5-12-43/h3-5,8,10-15,21-22,29,32-34,40,42,48,51,54-55,58-60,64-68,71H,6-7,9,16-20,23-28,30-31,35-39,41,63H2,1-2H3. The van der Waals surface area contributed by atoms with Gasteiger partial charge in [-0.05, 0) is 208 Å². The zero-order valence-electron chi connectivity index (χ0n) is 43.2. The van der Waals surface area contributed by atoms with Gasteiger partial charge < -0.3 is 42.0 Å². The number of hydrogen-bond acceptors (Lipinski definition) is 10. The second-order valence-corrected chi connectivity index (χ2v) is 22.9. The number of nitrogens with two attached hydrogens (primary N) is 1. The van der Waals surface area contributed by atoms with Crippen LogP contribution in [0.3, 0.4) is 0 Å². The molecular weight excluding hydrogens is 895 g/mol. The third-order valence-electron chi connectivity index (χ3n) is 17.9. The number of ketones is 2. The number of hydrogen-bond donors (Lipinski definition) is 7. The first-order chi connectivity index (χ1) is 35.0. The SMILES string of the molecule is COc1cc(C=CC(=O)CC(=O)CCCC2(CC3C4CCNCC4CC4C=CCNC43)CC(NCC(C)O)C3(CCCC3)C2)c(CC2=CNC(N)C=C2CCc2cccc(CCc3ccccc3)c2)cc1O. The molecule has 3 aromatic rings. The first kappa shape index (κ1) is 52.0. The maximum atomic E-state index is 13.8. The number of aliphatic hydroxyl groups is 1. The lowest BCUT2D eigenvalue weighted by molar-refractivity contribution is -0.124. The third kappa shape index (κ3) is 12.9. The summed E-state index contributed by atoms with van der Waals surface area (Å²) in [6.07, 6.45) is 28.6. The molecule has 0 aromatic heterocycles. The molecule has 9 rings (SSSR count). The summed E-state index contributed by atoms with van der Waals surface area (Å²) in [5.74, 6) is 2.66. The average molecular weight is 978 g/mol. The van der Waals surface area contributed by atoms with Gasteiger partial charge in [0, 0.05) is 37.8 Å². The number of fused-ring (bicyclic) bond motifs is 2. The molecule has 0 bridgehead atoms. The van der Waals surface area contributed by atoms with Crippen LogP contribution in [0.4, 0.5) is 0 Å². The number of methoxy groups -OCH3 is 1. The van der Waals surface area contributed by atoms with Crippen molar-refractivity contribution in [3.8, 4) is 11.5 Å². The van der Waals surface area contributed by atoms with Crippen LogP contribution in [-0.4, -0.2) is 79.4 Å². The number of allylic oxidation sites excluding steroid dienone is 3. The maximum Gasteiger partial charge on any atom is 0.163 e. The lowest BCUT2D eigenvalue weighted by Gasteiger charge is -2.52. The van der Waals surface area contributed by atoms with Crippen molar-refractivity contribution < 1.29 is 24.5 Å². The van der Waals surface area contributed by atoms with Crippen molar-refractivity contribution >= 4 is 17.6 Å². The molecule has 6 aliphatic rings. The monoisotopic (exact) mass is 978 g/mol. The van der Waals surface area contributed by atoms with Gasteiger partial charge in [-0.2, -0.15) is 0 Å². The van der Waals surface area contributed by atoms with Crippen molar-refractivity contribution in [1.29, 1.82) is 0 Å². The molecule has 3 saturated carbocycles. The number of benzene rings is 3. The number of nitrogens with one attached hydrogen (secondary N) is 4. The van der Waals surface area contributed by atoms with E-state index in [4.69, 9.17) is 10.5 Å². The minimum Gasteiger partial charge on any atom is -0.504 e. The number of aliphatic hydroxyl groups excluding tert-OH is 1. The van der Waals surface area contributed by atoms with Gasteiger partial charge in [0.2, 0.25) is 0 Å². The van der Waals surface area contributed by atoms with Crippen LogP contribution in [0, 0.1) is 34.5 Å². The van der Waals surface area contributed by atoms with Gasteiger partial charge in [-0.15, -0.1) is 0 Å². The molecule has 3 aliphatic carbocycles. The fraction of sp³-hybridized carbons (Fsp3) is 0.548. The van der Waals surface area contributed by atoms with Crippen LogP contribution in [0.15, 0.2) is 108 Å². The molecule has 3 aliphatic heterocycles. The minimum atomic E-state index is -0.394. The Morgan fingerprint density at radius 1 is 0.986 bits per heavy atom. The van der Waals surface area contributed by atoms with E-state index in [1.807, 2.05) is 13.1 Å². The van der Waals surface area contributed by atoms with Crippen molar-refractivity contribution in [3.05, 3.63) is 136 Å². The maximum absolute atomic E-state index is 13.8. The number of aryl methyl sites for hydroxylation is 3. The van der Waals surface area contributed by atoms with Crippen molar-refractivity contribution in [1.82, 2.24) is 21.3 Å². The van der Waals surface area contributed by atoms with Gasteiger partial charge in [-0.25, -0.2) is 0 Å². The summed E-state index contributed by atoms with van der Waals surface area (Å²) in [6, 6.07) is 23.8. The fourth-order valence-corrected chi connectivity index (χ4v) is 14.5. The van der Waals surface area contributed by atoms with Crippen LogP contribution in [-0.2, 0) is 35.3 Å². The van der Waals surface area contributed by atoms with E-state index in [-0.39, 0.29) is 40.7 Å². The van der Waals surface area contributed by atoms with Gasteiger partial charge in [-0.1, -0.05) is 85.7 Å². The van der Waals surface area contributed by atoms with Gasteiger partial charge >= 0.3 is 0 Å². The Balaban J connectivity index is 0.850. The largest absolute Gasteiger partial charge is 0.504 e. The Hall–Kier alpha value is -4.84. The number of aromatic hydroxyl groups is 1. The van der Waals surface area contributed by atoms with E-state index < -0.39 is 6.10 Å². The first-order valence-electron chi connectivity index (χ1n) is 27.7. The number of ether oxygens (including phenoxy) is 1. The van der Waals surface area contributed by atoms with Crippen LogP contribution in [0.2, 0.25) is 0 Å². The Bertz CT molecular complexity index is 2460. The normalized spacial score (nSPS) is 28.0. The topological polar surface area (TPSA) is 158 Å². The van der Waals surface area contributed by atoms with Crippen molar-refractivity contribution in [3.63, 3.8) is 0 Å².